The van der Waals surface area contributed by atoms with Crippen molar-refractivity contribution in [2.45, 2.75) is 0 Å². The predicted octanol–water partition coefficient (Wildman–Crippen LogP) is 16.0. The fourth-order valence-corrected chi connectivity index (χ4v) is 9.32. The summed E-state index contributed by atoms with van der Waals surface area (Å²) in [4.78, 5) is 7.25. The second-order valence-corrected chi connectivity index (χ2v) is 15.9. The van der Waals surface area contributed by atoms with Gasteiger partial charge in [-0.15, -0.1) is 11.3 Å². The van der Waals surface area contributed by atoms with Gasteiger partial charge >= 0.3 is 0 Å². The van der Waals surface area contributed by atoms with E-state index in [1.54, 1.807) is 11.3 Å². The normalized spacial score (nSPS) is 11.4. The lowest BCUT2D eigenvalue weighted by atomic mass is 9.95. The molecular formula is C55H36N2OS. The Hall–Kier alpha value is -7.53. The van der Waals surface area contributed by atoms with Crippen molar-refractivity contribution in [1.29, 1.82) is 0 Å². The molecule has 0 N–H and O–H groups in total. The Bertz CT molecular complexity index is 3250. The summed E-state index contributed by atoms with van der Waals surface area (Å²) in [6.45, 7) is 0. The maximum Gasteiger partial charge on any atom is 0.227 e. The molecule has 0 aliphatic heterocycles. The number of rotatable bonds is 8. The number of hydrogen-bond donors (Lipinski definition) is 0. The molecule has 0 spiro atoms. The Balaban J connectivity index is 1.03. The number of anilines is 3. The average molecular weight is 773 g/mol. The molecule has 0 aliphatic carbocycles. The van der Waals surface area contributed by atoms with Crippen LogP contribution in [0.4, 0.5) is 17.1 Å². The van der Waals surface area contributed by atoms with Gasteiger partial charge in [-0.3, -0.25) is 0 Å². The highest BCUT2D eigenvalue weighted by Gasteiger charge is 2.20. The summed E-state index contributed by atoms with van der Waals surface area (Å²) in [5, 5.41) is 2.41. The van der Waals surface area contributed by atoms with Crippen LogP contribution in [0.1, 0.15) is 0 Å². The quantitative estimate of drug-likeness (QED) is 0.154. The molecule has 0 bridgehead atoms. The van der Waals surface area contributed by atoms with E-state index in [0.29, 0.717) is 5.89 Å². The first-order valence-corrected chi connectivity index (χ1v) is 20.7. The zero-order valence-electron chi connectivity index (χ0n) is 32.0. The first kappa shape index (κ1) is 34.7. The summed E-state index contributed by atoms with van der Waals surface area (Å²) < 4.78 is 8.70. The topological polar surface area (TPSA) is 29.3 Å². The van der Waals surface area contributed by atoms with Gasteiger partial charge in [0, 0.05) is 42.7 Å². The third kappa shape index (κ3) is 6.56. The molecule has 0 unspecified atom stereocenters. The van der Waals surface area contributed by atoms with Crippen molar-refractivity contribution < 1.29 is 4.42 Å². The number of benzene rings is 9. The van der Waals surface area contributed by atoms with E-state index in [1.807, 2.05) is 30.3 Å². The van der Waals surface area contributed by atoms with Gasteiger partial charge in [-0.1, -0.05) is 152 Å². The van der Waals surface area contributed by atoms with Crippen molar-refractivity contribution in [2.24, 2.45) is 0 Å². The van der Waals surface area contributed by atoms with Crippen LogP contribution in [0.15, 0.2) is 223 Å². The molecule has 2 aromatic heterocycles. The predicted molar refractivity (Wildman–Crippen MR) is 249 cm³/mol. The van der Waals surface area contributed by atoms with E-state index >= 15 is 0 Å². The number of nitrogens with zero attached hydrogens (tertiary/aromatic N) is 2. The van der Waals surface area contributed by atoms with E-state index < -0.39 is 0 Å². The molecule has 9 aromatic carbocycles. The van der Waals surface area contributed by atoms with E-state index in [-0.39, 0.29) is 0 Å². The Morgan fingerprint density at radius 1 is 0.373 bits per heavy atom. The molecule has 59 heavy (non-hydrogen) atoms. The van der Waals surface area contributed by atoms with Gasteiger partial charge in [0.1, 0.15) is 5.52 Å². The van der Waals surface area contributed by atoms with Crippen LogP contribution < -0.4 is 4.90 Å². The van der Waals surface area contributed by atoms with Crippen molar-refractivity contribution >= 4 is 59.7 Å². The van der Waals surface area contributed by atoms with Crippen molar-refractivity contribution in [1.82, 2.24) is 4.98 Å². The van der Waals surface area contributed by atoms with Gasteiger partial charge in [0.2, 0.25) is 5.89 Å². The Kier molecular flexibility index (Phi) is 8.68. The van der Waals surface area contributed by atoms with Gasteiger partial charge in [0.05, 0.1) is 5.69 Å². The van der Waals surface area contributed by atoms with Crippen molar-refractivity contribution in [3.63, 3.8) is 0 Å². The highest BCUT2D eigenvalue weighted by atomic mass is 32.1. The lowest BCUT2D eigenvalue weighted by Gasteiger charge is -2.29. The first-order chi connectivity index (χ1) is 29.2. The molecule has 0 aliphatic rings. The molecular weight excluding hydrogens is 737 g/mol. The number of thiophene rings is 1. The molecule has 3 nitrogen and oxygen atoms in total. The van der Waals surface area contributed by atoms with Gasteiger partial charge in [0.15, 0.2) is 5.58 Å². The lowest BCUT2D eigenvalue weighted by Crippen LogP contribution is -2.11. The Morgan fingerprint density at radius 2 is 0.915 bits per heavy atom. The van der Waals surface area contributed by atoms with Crippen LogP contribution in [0.5, 0.6) is 0 Å². The zero-order chi connectivity index (χ0) is 39.1. The fourth-order valence-electron chi connectivity index (χ4n) is 8.16. The van der Waals surface area contributed by atoms with Crippen LogP contribution in [0, 0.1) is 0 Å². The summed E-state index contributed by atoms with van der Waals surface area (Å²) >= 11 is 1.80. The monoisotopic (exact) mass is 772 g/mol. The van der Waals surface area contributed by atoms with Gasteiger partial charge in [-0.05, 0) is 106 Å². The third-order valence-corrected chi connectivity index (χ3v) is 12.2. The molecule has 0 radical (unpaired) electrons. The van der Waals surface area contributed by atoms with E-state index in [1.165, 1.54) is 48.0 Å². The second kappa shape index (κ2) is 14.8. The minimum Gasteiger partial charge on any atom is -0.436 e. The van der Waals surface area contributed by atoms with Gasteiger partial charge in [-0.2, -0.15) is 0 Å². The fraction of sp³-hybridized carbons (Fsp3) is 0. The highest BCUT2D eigenvalue weighted by molar-refractivity contribution is 7.25. The molecule has 0 saturated heterocycles. The molecule has 278 valence electrons. The van der Waals surface area contributed by atoms with Crippen LogP contribution in [-0.4, -0.2) is 4.98 Å². The lowest BCUT2D eigenvalue weighted by molar-refractivity contribution is 0.620. The number of aromatic nitrogens is 1. The van der Waals surface area contributed by atoms with Crippen LogP contribution in [0.3, 0.4) is 0 Å². The molecule has 11 aromatic rings. The van der Waals surface area contributed by atoms with Crippen LogP contribution in [0.25, 0.3) is 87.2 Å². The van der Waals surface area contributed by atoms with E-state index in [9.17, 15) is 0 Å². The molecule has 0 fully saturated rings. The van der Waals surface area contributed by atoms with Crippen LogP contribution in [0.2, 0.25) is 0 Å². The number of hydrogen-bond acceptors (Lipinski definition) is 4. The summed E-state index contributed by atoms with van der Waals surface area (Å²) in [5.41, 5.74) is 15.3. The number of oxazole rings is 1. The minimum absolute atomic E-state index is 0.647. The average Bonchev–Trinajstić information content (AvgIpc) is 3.90. The van der Waals surface area contributed by atoms with Gasteiger partial charge in [-0.25, -0.2) is 4.98 Å². The second-order valence-electron chi connectivity index (χ2n) is 14.8. The largest absolute Gasteiger partial charge is 0.436 e. The smallest absolute Gasteiger partial charge is 0.227 e. The van der Waals surface area contributed by atoms with Crippen LogP contribution >= 0.6 is 11.3 Å². The maximum absolute atomic E-state index is 6.27. The van der Waals surface area contributed by atoms with E-state index in [0.717, 1.165) is 50.4 Å². The summed E-state index contributed by atoms with van der Waals surface area (Å²) in [6, 6.07) is 77.9. The first-order valence-electron chi connectivity index (χ1n) is 19.9. The molecule has 2 heterocycles. The van der Waals surface area contributed by atoms with Gasteiger partial charge < -0.3 is 9.32 Å². The zero-order valence-corrected chi connectivity index (χ0v) is 32.8. The highest BCUT2D eigenvalue weighted by Crippen LogP contribution is 2.45. The van der Waals surface area contributed by atoms with Crippen molar-refractivity contribution in [3.05, 3.63) is 218 Å². The third-order valence-electron chi connectivity index (χ3n) is 11.1. The minimum atomic E-state index is 0.647. The molecule has 0 atom stereocenters. The maximum atomic E-state index is 6.27. The number of fused-ring (bicyclic) bond motifs is 4. The Morgan fingerprint density at radius 3 is 1.63 bits per heavy atom. The van der Waals surface area contributed by atoms with Gasteiger partial charge in [0.25, 0.3) is 0 Å². The Labute approximate surface area is 346 Å². The van der Waals surface area contributed by atoms with Crippen LogP contribution in [-0.2, 0) is 0 Å². The molecule has 0 saturated carbocycles. The molecule has 4 heteroatoms. The molecule has 0 amide bonds. The summed E-state index contributed by atoms with van der Waals surface area (Å²) in [6.07, 6.45) is 0. The van der Waals surface area contributed by atoms with Crippen molar-refractivity contribution in [2.75, 3.05) is 4.90 Å². The standard InChI is InChI=1S/C55H36N2OS/c1-5-14-37(15-6-1)39-24-28-45(29-25-39)57(46-23-13-22-42(32-46)38-16-7-2-8-17-38)51-31-27-43(33-48(51)40-18-9-3-10-19-40)44-26-30-47-49-35-52-50(36-54(49)59-53(47)34-44)56-55(58-52)41-20-11-4-12-21-41/h1-36H. The van der Waals surface area contributed by atoms with Crippen molar-refractivity contribution in [3.8, 4) is 56.0 Å². The van der Waals surface area contributed by atoms with E-state index in [4.69, 9.17) is 9.40 Å². The SMILES string of the molecule is c1ccc(-c2ccc(N(c3cccc(-c4ccccc4)c3)c3ccc(-c4ccc5c(c4)sc4cc6nc(-c7ccccc7)oc6cc45)cc3-c3ccccc3)cc2)cc1. The molecule has 11 rings (SSSR count). The summed E-state index contributed by atoms with van der Waals surface area (Å²) in [5.74, 6) is 0.647. The summed E-state index contributed by atoms with van der Waals surface area (Å²) in [7, 11) is 0. The van der Waals surface area contributed by atoms with E-state index in [2.05, 4.69) is 193 Å².